The molecular formula is C18H28N6O2. The number of methoxy groups -OCH3 is 1. The Labute approximate surface area is 154 Å². The monoisotopic (exact) mass is 360 g/mol. The number of rotatable bonds is 9. The van der Waals surface area contributed by atoms with E-state index in [4.69, 9.17) is 4.74 Å². The van der Waals surface area contributed by atoms with E-state index in [0.29, 0.717) is 12.5 Å². The van der Waals surface area contributed by atoms with Crippen molar-refractivity contribution in [1.82, 2.24) is 25.4 Å². The van der Waals surface area contributed by atoms with E-state index < -0.39 is 6.10 Å². The summed E-state index contributed by atoms with van der Waals surface area (Å²) in [4.78, 5) is 4.47. The number of aliphatic imine (C=N–C) groups is 1. The van der Waals surface area contributed by atoms with Gasteiger partial charge in [0, 0.05) is 26.1 Å². The molecule has 0 saturated carbocycles. The van der Waals surface area contributed by atoms with Crippen LogP contribution in [0.3, 0.4) is 0 Å². The first-order valence-corrected chi connectivity index (χ1v) is 8.88. The second-order valence-electron chi connectivity index (χ2n) is 5.73. The summed E-state index contributed by atoms with van der Waals surface area (Å²) in [5.41, 5.74) is 0.779. The van der Waals surface area contributed by atoms with Crippen LogP contribution in [-0.4, -0.2) is 52.6 Å². The van der Waals surface area contributed by atoms with Crippen molar-refractivity contribution in [1.29, 1.82) is 0 Å². The SMILES string of the molecule is CCNC(=NCC(O)c1cccc(OC)c1)NCCn1cnnc1CC. The molecule has 0 fully saturated rings. The first kappa shape index (κ1) is 19.7. The topological polar surface area (TPSA) is 96.6 Å². The maximum Gasteiger partial charge on any atom is 0.191 e. The number of hydrogen-bond acceptors (Lipinski definition) is 5. The summed E-state index contributed by atoms with van der Waals surface area (Å²) in [5, 5.41) is 24.8. The van der Waals surface area contributed by atoms with Crippen molar-refractivity contribution in [3.05, 3.63) is 42.0 Å². The minimum atomic E-state index is -0.690. The molecule has 8 heteroatoms. The fraction of sp³-hybridized carbons (Fsp3) is 0.500. The molecule has 0 amide bonds. The zero-order chi connectivity index (χ0) is 18.8. The molecule has 0 saturated heterocycles. The van der Waals surface area contributed by atoms with Crippen molar-refractivity contribution in [2.75, 3.05) is 26.7 Å². The van der Waals surface area contributed by atoms with Gasteiger partial charge in [0.1, 0.15) is 17.9 Å². The third kappa shape index (κ3) is 5.73. The van der Waals surface area contributed by atoms with Crippen LogP contribution < -0.4 is 15.4 Å². The lowest BCUT2D eigenvalue weighted by Crippen LogP contribution is -2.39. The molecule has 1 atom stereocenters. The number of aryl methyl sites for hydroxylation is 1. The standard InChI is InChI=1S/C18H28N6O2/c1-4-17-23-22-13-24(17)10-9-20-18(19-5-2)21-12-16(25)14-7-6-8-15(11-14)26-3/h6-8,11,13,16,25H,4-5,9-10,12H2,1-3H3,(H2,19,20,21). The number of guanidine groups is 1. The first-order valence-electron chi connectivity index (χ1n) is 8.88. The summed E-state index contributed by atoms with van der Waals surface area (Å²) in [6.45, 7) is 6.50. The van der Waals surface area contributed by atoms with Gasteiger partial charge in [0.05, 0.1) is 19.8 Å². The number of nitrogens with zero attached hydrogens (tertiary/aromatic N) is 4. The molecule has 0 aliphatic carbocycles. The van der Waals surface area contributed by atoms with Crippen molar-refractivity contribution in [3.8, 4) is 5.75 Å². The predicted molar refractivity (Wildman–Crippen MR) is 101 cm³/mol. The van der Waals surface area contributed by atoms with Crippen LogP contribution in [0.1, 0.15) is 31.3 Å². The molecule has 0 radical (unpaired) electrons. The highest BCUT2D eigenvalue weighted by Gasteiger charge is 2.09. The van der Waals surface area contributed by atoms with Gasteiger partial charge in [-0.3, -0.25) is 4.99 Å². The number of nitrogens with one attached hydrogen (secondary N) is 2. The van der Waals surface area contributed by atoms with Gasteiger partial charge in [-0.25, -0.2) is 0 Å². The summed E-state index contributed by atoms with van der Waals surface area (Å²) >= 11 is 0. The molecule has 8 nitrogen and oxygen atoms in total. The van der Waals surface area contributed by atoms with E-state index in [9.17, 15) is 5.11 Å². The Balaban J connectivity index is 1.90. The fourth-order valence-electron chi connectivity index (χ4n) is 2.51. The van der Waals surface area contributed by atoms with E-state index >= 15 is 0 Å². The minimum Gasteiger partial charge on any atom is -0.497 e. The largest absolute Gasteiger partial charge is 0.497 e. The zero-order valence-corrected chi connectivity index (χ0v) is 15.6. The molecule has 1 unspecified atom stereocenters. The van der Waals surface area contributed by atoms with Crippen molar-refractivity contribution < 1.29 is 9.84 Å². The number of aromatic nitrogens is 3. The summed E-state index contributed by atoms with van der Waals surface area (Å²) in [5.74, 6) is 2.35. The molecule has 2 rings (SSSR count). The second-order valence-corrected chi connectivity index (χ2v) is 5.73. The van der Waals surface area contributed by atoms with E-state index in [1.807, 2.05) is 35.8 Å². The van der Waals surface area contributed by atoms with Gasteiger partial charge in [0.25, 0.3) is 0 Å². The van der Waals surface area contributed by atoms with Crippen molar-refractivity contribution >= 4 is 5.96 Å². The Morgan fingerprint density at radius 1 is 1.35 bits per heavy atom. The van der Waals surface area contributed by atoms with Gasteiger partial charge in [-0.05, 0) is 24.6 Å². The van der Waals surface area contributed by atoms with Gasteiger partial charge >= 0.3 is 0 Å². The van der Waals surface area contributed by atoms with Gasteiger partial charge in [-0.15, -0.1) is 10.2 Å². The molecule has 2 aromatic rings. The molecule has 1 aromatic carbocycles. The number of aliphatic hydroxyl groups excluding tert-OH is 1. The lowest BCUT2D eigenvalue weighted by molar-refractivity contribution is 0.186. The van der Waals surface area contributed by atoms with Crippen LogP contribution in [0.4, 0.5) is 0 Å². The van der Waals surface area contributed by atoms with Crippen molar-refractivity contribution in [3.63, 3.8) is 0 Å². The molecule has 0 aliphatic rings. The van der Waals surface area contributed by atoms with E-state index in [0.717, 1.165) is 36.6 Å². The summed E-state index contributed by atoms with van der Waals surface area (Å²) in [6, 6.07) is 7.38. The van der Waals surface area contributed by atoms with E-state index in [-0.39, 0.29) is 6.54 Å². The molecule has 0 spiro atoms. The van der Waals surface area contributed by atoms with Gasteiger partial charge < -0.3 is 25.0 Å². The third-order valence-corrected chi connectivity index (χ3v) is 3.90. The van der Waals surface area contributed by atoms with E-state index in [1.165, 1.54) is 0 Å². The molecule has 1 aromatic heterocycles. The fourth-order valence-corrected chi connectivity index (χ4v) is 2.51. The average Bonchev–Trinajstić information content (AvgIpc) is 3.13. The van der Waals surface area contributed by atoms with Crippen molar-refractivity contribution in [2.24, 2.45) is 4.99 Å². The van der Waals surface area contributed by atoms with E-state index in [1.54, 1.807) is 13.4 Å². The molecular weight excluding hydrogens is 332 g/mol. The predicted octanol–water partition coefficient (Wildman–Crippen LogP) is 1.14. The summed E-state index contributed by atoms with van der Waals surface area (Å²) in [6.07, 6.45) is 1.89. The van der Waals surface area contributed by atoms with Gasteiger partial charge in [-0.1, -0.05) is 19.1 Å². The molecule has 3 N–H and O–H groups in total. The number of hydrogen-bond donors (Lipinski definition) is 3. The minimum absolute atomic E-state index is 0.259. The lowest BCUT2D eigenvalue weighted by atomic mass is 10.1. The Bertz CT molecular complexity index is 700. The third-order valence-electron chi connectivity index (χ3n) is 3.90. The Morgan fingerprint density at radius 3 is 2.92 bits per heavy atom. The number of ether oxygens (including phenoxy) is 1. The van der Waals surface area contributed by atoms with Crippen LogP contribution in [-0.2, 0) is 13.0 Å². The highest BCUT2D eigenvalue weighted by Crippen LogP contribution is 2.19. The van der Waals surface area contributed by atoms with Gasteiger partial charge in [-0.2, -0.15) is 0 Å². The Kier molecular flexibility index (Phi) is 7.88. The van der Waals surface area contributed by atoms with Crippen LogP contribution in [0.2, 0.25) is 0 Å². The number of aliphatic hydroxyl groups is 1. The summed E-state index contributed by atoms with van der Waals surface area (Å²) < 4.78 is 7.21. The van der Waals surface area contributed by atoms with Gasteiger partial charge in [0.2, 0.25) is 0 Å². The number of benzene rings is 1. The van der Waals surface area contributed by atoms with Crippen LogP contribution >= 0.6 is 0 Å². The van der Waals surface area contributed by atoms with Crippen LogP contribution in [0.5, 0.6) is 5.75 Å². The Hall–Kier alpha value is -2.61. The molecule has 26 heavy (non-hydrogen) atoms. The normalized spacial score (nSPS) is 12.7. The van der Waals surface area contributed by atoms with Crippen molar-refractivity contribution in [2.45, 2.75) is 32.9 Å². The highest BCUT2D eigenvalue weighted by atomic mass is 16.5. The second kappa shape index (κ2) is 10.4. The van der Waals surface area contributed by atoms with Crippen LogP contribution in [0.25, 0.3) is 0 Å². The molecule has 0 aliphatic heterocycles. The maximum absolute atomic E-state index is 10.4. The molecule has 142 valence electrons. The summed E-state index contributed by atoms with van der Waals surface area (Å²) in [7, 11) is 1.61. The molecule has 0 bridgehead atoms. The maximum atomic E-state index is 10.4. The smallest absolute Gasteiger partial charge is 0.191 e. The van der Waals surface area contributed by atoms with Crippen LogP contribution in [0, 0.1) is 0 Å². The van der Waals surface area contributed by atoms with Crippen LogP contribution in [0.15, 0.2) is 35.6 Å². The highest BCUT2D eigenvalue weighted by molar-refractivity contribution is 5.79. The first-order chi connectivity index (χ1) is 12.7. The zero-order valence-electron chi connectivity index (χ0n) is 15.6. The quantitative estimate of drug-likeness (QED) is 0.458. The van der Waals surface area contributed by atoms with E-state index in [2.05, 4.69) is 32.7 Å². The average molecular weight is 360 g/mol. The van der Waals surface area contributed by atoms with Gasteiger partial charge in [0.15, 0.2) is 5.96 Å². The lowest BCUT2D eigenvalue weighted by Gasteiger charge is -2.14. The Morgan fingerprint density at radius 2 is 2.19 bits per heavy atom. The molecule has 1 heterocycles.